The molecule has 3 unspecified atom stereocenters. The molecule has 4 saturated carbocycles. The fourth-order valence-corrected chi connectivity index (χ4v) is 9.94. The summed E-state index contributed by atoms with van der Waals surface area (Å²) in [5.74, 6) is 0.325. The Balaban J connectivity index is 1.67. The van der Waals surface area contributed by atoms with Crippen molar-refractivity contribution in [1.29, 1.82) is 0 Å². The summed E-state index contributed by atoms with van der Waals surface area (Å²) in [5, 5.41) is 0. The average Bonchev–Trinajstić information content (AvgIpc) is 3.22. The second kappa shape index (κ2) is 12.0. The van der Waals surface area contributed by atoms with Gasteiger partial charge in [-0.15, -0.1) is 0 Å². The van der Waals surface area contributed by atoms with E-state index in [4.69, 9.17) is 18.9 Å². The van der Waals surface area contributed by atoms with E-state index in [1.165, 1.54) is 20.8 Å². The SMILES string of the molecule is CCOC(=O)CC[C@@H](C)[C@H]1CC[C@H]2[C@@H]3C(OC(C)=O)C(OC(C)=O)[C@@H]4CC(OC(C)=O)CC[C@]4(C)[C@H]3CC[C@]12C. The molecular formula is C32H50O8. The highest BCUT2D eigenvalue weighted by Crippen LogP contribution is 2.69. The summed E-state index contributed by atoms with van der Waals surface area (Å²) in [6.07, 6.45) is 6.41. The molecule has 4 rings (SSSR count). The molecule has 8 nitrogen and oxygen atoms in total. The van der Waals surface area contributed by atoms with Crippen molar-refractivity contribution in [3.05, 3.63) is 0 Å². The van der Waals surface area contributed by atoms with Crippen molar-refractivity contribution in [3.8, 4) is 0 Å². The number of fused-ring (bicyclic) bond motifs is 5. The summed E-state index contributed by atoms with van der Waals surface area (Å²) in [6, 6.07) is 0. The van der Waals surface area contributed by atoms with Gasteiger partial charge in [-0.1, -0.05) is 20.8 Å². The fourth-order valence-electron chi connectivity index (χ4n) is 9.94. The van der Waals surface area contributed by atoms with E-state index in [0.29, 0.717) is 43.1 Å². The zero-order chi connectivity index (χ0) is 29.4. The van der Waals surface area contributed by atoms with Gasteiger partial charge < -0.3 is 18.9 Å². The standard InChI is InChI=1S/C32H50O8/c1-8-37-27(36)12-9-18(2)23-10-11-24-28-25(14-16-31(23,24)6)32(7)15-13-22(38-19(3)33)17-26(32)29(39-20(4)34)30(28)40-21(5)35/h18,22-26,28-30H,8-17H2,1-7H3/t18-,22?,23-,24+,25+,26+,28+,29?,30?,31-,32-/m1/s1. The van der Waals surface area contributed by atoms with E-state index in [1.807, 2.05) is 6.92 Å². The smallest absolute Gasteiger partial charge is 0.305 e. The lowest BCUT2D eigenvalue weighted by molar-refractivity contribution is -0.242. The van der Waals surface area contributed by atoms with Crippen molar-refractivity contribution in [1.82, 2.24) is 0 Å². The molecule has 0 radical (unpaired) electrons. The van der Waals surface area contributed by atoms with Gasteiger partial charge in [0.25, 0.3) is 0 Å². The minimum atomic E-state index is -0.575. The van der Waals surface area contributed by atoms with E-state index in [2.05, 4.69) is 20.8 Å². The van der Waals surface area contributed by atoms with E-state index >= 15 is 0 Å². The quantitative estimate of drug-likeness (QED) is 0.276. The summed E-state index contributed by atoms with van der Waals surface area (Å²) in [5.41, 5.74) is -0.0699. The monoisotopic (exact) mass is 562 g/mol. The fraction of sp³-hybridized carbons (Fsp3) is 0.875. The van der Waals surface area contributed by atoms with E-state index in [0.717, 1.165) is 44.9 Å². The van der Waals surface area contributed by atoms with Crippen LogP contribution in [0.25, 0.3) is 0 Å². The third kappa shape index (κ3) is 5.78. The van der Waals surface area contributed by atoms with Gasteiger partial charge in [0.05, 0.1) is 6.61 Å². The summed E-state index contributed by atoms with van der Waals surface area (Å²) in [7, 11) is 0. The van der Waals surface area contributed by atoms with Crippen LogP contribution in [0.3, 0.4) is 0 Å². The van der Waals surface area contributed by atoms with Gasteiger partial charge in [-0.25, -0.2) is 0 Å². The maximum Gasteiger partial charge on any atom is 0.305 e. The van der Waals surface area contributed by atoms with Crippen LogP contribution >= 0.6 is 0 Å². The van der Waals surface area contributed by atoms with Crippen LogP contribution in [0.1, 0.15) is 106 Å². The van der Waals surface area contributed by atoms with Crippen molar-refractivity contribution in [2.24, 2.45) is 46.3 Å². The van der Waals surface area contributed by atoms with Crippen LogP contribution in [0, 0.1) is 46.3 Å². The molecular weight excluding hydrogens is 512 g/mol. The molecule has 0 spiro atoms. The minimum Gasteiger partial charge on any atom is -0.466 e. The Labute approximate surface area is 239 Å². The predicted molar refractivity (Wildman–Crippen MR) is 148 cm³/mol. The molecule has 11 atom stereocenters. The first-order valence-corrected chi connectivity index (χ1v) is 15.5. The van der Waals surface area contributed by atoms with Crippen molar-refractivity contribution in [2.75, 3.05) is 6.61 Å². The molecule has 0 N–H and O–H groups in total. The normalized spacial score (nSPS) is 41.0. The van der Waals surface area contributed by atoms with Crippen LogP contribution in [0.4, 0.5) is 0 Å². The molecule has 0 aliphatic heterocycles. The minimum absolute atomic E-state index is 0.0482. The van der Waals surface area contributed by atoms with Crippen LogP contribution in [0.15, 0.2) is 0 Å². The molecule has 0 amide bonds. The van der Waals surface area contributed by atoms with Gasteiger partial charge in [-0.05, 0) is 92.8 Å². The Hall–Kier alpha value is -2.12. The predicted octanol–water partition coefficient (Wildman–Crippen LogP) is 5.64. The summed E-state index contributed by atoms with van der Waals surface area (Å²) in [4.78, 5) is 48.9. The number of carbonyl (C=O) groups excluding carboxylic acids is 4. The van der Waals surface area contributed by atoms with Crippen molar-refractivity contribution in [3.63, 3.8) is 0 Å². The van der Waals surface area contributed by atoms with Gasteiger partial charge in [0, 0.05) is 39.0 Å². The van der Waals surface area contributed by atoms with Gasteiger partial charge in [0.15, 0.2) is 0 Å². The van der Waals surface area contributed by atoms with E-state index in [-0.39, 0.29) is 52.6 Å². The highest BCUT2D eigenvalue weighted by molar-refractivity contribution is 5.69. The number of ether oxygens (including phenoxy) is 4. The van der Waals surface area contributed by atoms with E-state index in [1.54, 1.807) is 0 Å². The first-order valence-electron chi connectivity index (χ1n) is 15.5. The largest absolute Gasteiger partial charge is 0.466 e. The molecule has 0 heterocycles. The average molecular weight is 563 g/mol. The lowest BCUT2D eigenvalue weighted by atomic mass is 9.43. The highest BCUT2D eigenvalue weighted by Gasteiger charge is 2.67. The third-order valence-corrected chi connectivity index (χ3v) is 11.5. The summed E-state index contributed by atoms with van der Waals surface area (Å²) in [6.45, 7) is 13.5. The Morgan fingerprint density at radius 3 is 2.00 bits per heavy atom. The molecule has 0 aromatic rings. The van der Waals surface area contributed by atoms with Crippen LogP contribution in [-0.4, -0.2) is 48.8 Å². The summed E-state index contributed by atoms with van der Waals surface area (Å²) >= 11 is 0. The van der Waals surface area contributed by atoms with Gasteiger partial charge >= 0.3 is 23.9 Å². The van der Waals surface area contributed by atoms with Gasteiger partial charge in [-0.3, -0.25) is 19.2 Å². The van der Waals surface area contributed by atoms with E-state index in [9.17, 15) is 19.2 Å². The van der Waals surface area contributed by atoms with Gasteiger partial charge in [0.2, 0.25) is 0 Å². The molecule has 4 aliphatic carbocycles. The van der Waals surface area contributed by atoms with Crippen LogP contribution in [0.2, 0.25) is 0 Å². The number of rotatable bonds is 8. The van der Waals surface area contributed by atoms with Crippen LogP contribution in [0.5, 0.6) is 0 Å². The molecule has 0 bridgehead atoms. The second-order valence-electron chi connectivity index (χ2n) is 13.6. The second-order valence-corrected chi connectivity index (χ2v) is 13.6. The number of carbonyl (C=O) groups is 4. The zero-order valence-corrected chi connectivity index (χ0v) is 25.5. The molecule has 40 heavy (non-hydrogen) atoms. The third-order valence-electron chi connectivity index (χ3n) is 11.5. The van der Waals surface area contributed by atoms with Gasteiger partial charge in [0.1, 0.15) is 18.3 Å². The Kier molecular flexibility index (Phi) is 9.26. The van der Waals surface area contributed by atoms with Gasteiger partial charge in [-0.2, -0.15) is 0 Å². The molecule has 226 valence electrons. The molecule has 0 saturated heterocycles. The lowest BCUT2D eigenvalue weighted by Gasteiger charge is -2.64. The topological polar surface area (TPSA) is 105 Å². The van der Waals surface area contributed by atoms with Crippen molar-refractivity contribution < 1.29 is 38.1 Å². The van der Waals surface area contributed by atoms with Crippen LogP contribution in [-0.2, 0) is 38.1 Å². The molecule has 0 aromatic heterocycles. The molecule has 0 aromatic carbocycles. The van der Waals surface area contributed by atoms with Crippen LogP contribution < -0.4 is 0 Å². The van der Waals surface area contributed by atoms with E-state index < -0.39 is 12.2 Å². The maximum absolute atomic E-state index is 12.5. The lowest BCUT2D eigenvalue weighted by Crippen LogP contribution is -2.65. The zero-order valence-electron chi connectivity index (χ0n) is 25.5. The highest BCUT2D eigenvalue weighted by atomic mass is 16.6. The number of hydrogen-bond acceptors (Lipinski definition) is 8. The number of hydrogen-bond donors (Lipinski definition) is 0. The Morgan fingerprint density at radius 2 is 1.38 bits per heavy atom. The first kappa shape index (κ1) is 30.8. The van der Waals surface area contributed by atoms with Crippen molar-refractivity contribution >= 4 is 23.9 Å². The Morgan fingerprint density at radius 1 is 0.775 bits per heavy atom. The molecule has 4 aliphatic rings. The maximum atomic E-state index is 12.5. The molecule has 8 heteroatoms. The Bertz CT molecular complexity index is 978. The number of esters is 4. The first-order chi connectivity index (χ1) is 18.8. The summed E-state index contributed by atoms with van der Waals surface area (Å²) < 4.78 is 23.1. The molecule has 4 fully saturated rings. The van der Waals surface area contributed by atoms with Crippen molar-refractivity contribution in [2.45, 2.75) is 125 Å².